The molecule has 3 nitrogen and oxygen atoms in total. The van der Waals surface area contributed by atoms with Crippen LogP contribution in [0, 0.1) is 5.82 Å². The summed E-state index contributed by atoms with van der Waals surface area (Å²) < 4.78 is 14.4. The first-order chi connectivity index (χ1) is 10.1. The fourth-order valence-corrected chi connectivity index (χ4v) is 2.14. The zero-order valence-electron chi connectivity index (χ0n) is 11.6. The molecule has 2 rings (SSSR count). The van der Waals surface area contributed by atoms with Crippen LogP contribution in [0.15, 0.2) is 53.0 Å². The number of halogens is 2. The number of carbonyl (C=O) groups is 1. The Kier molecular flexibility index (Phi) is 5.47. The zero-order valence-corrected chi connectivity index (χ0v) is 13.2. The van der Waals surface area contributed by atoms with Crippen LogP contribution in [0.5, 0.6) is 0 Å². The van der Waals surface area contributed by atoms with E-state index in [0.29, 0.717) is 0 Å². The molecule has 2 aromatic carbocycles. The van der Waals surface area contributed by atoms with Gasteiger partial charge in [0.25, 0.3) is 0 Å². The van der Waals surface area contributed by atoms with Crippen LogP contribution in [-0.2, 0) is 4.79 Å². The highest BCUT2D eigenvalue weighted by molar-refractivity contribution is 9.10. The van der Waals surface area contributed by atoms with E-state index in [4.69, 9.17) is 0 Å². The van der Waals surface area contributed by atoms with Gasteiger partial charge in [-0.2, -0.15) is 0 Å². The van der Waals surface area contributed by atoms with Crippen molar-refractivity contribution in [2.45, 2.75) is 13.0 Å². The van der Waals surface area contributed by atoms with Crippen LogP contribution in [0.1, 0.15) is 18.5 Å². The third kappa shape index (κ3) is 4.65. The quantitative estimate of drug-likeness (QED) is 0.859. The van der Waals surface area contributed by atoms with Crippen LogP contribution in [0.25, 0.3) is 0 Å². The first-order valence-corrected chi connectivity index (χ1v) is 7.39. The highest BCUT2D eigenvalue weighted by Crippen LogP contribution is 2.16. The van der Waals surface area contributed by atoms with E-state index in [0.717, 1.165) is 10.0 Å². The van der Waals surface area contributed by atoms with Crippen molar-refractivity contribution in [3.8, 4) is 0 Å². The van der Waals surface area contributed by atoms with Crippen LogP contribution in [0.2, 0.25) is 0 Å². The molecule has 0 heterocycles. The lowest BCUT2D eigenvalue weighted by molar-refractivity contribution is -0.115. The number of hydrogen-bond acceptors (Lipinski definition) is 2. The Morgan fingerprint density at radius 2 is 1.86 bits per heavy atom. The van der Waals surface area contributed by atoms with Gasteiger partial charge in [0.2, 0.25) is 5.91 Å². The largest absolute Gasteiger partial charge is 0.322 e. The van der Waals surface area contributed by atoms with Crippen LogP contribution in [-0.4, -0.2) is 12.5 Å². The summed E-state index contributed by atoms with van der Waals surface area (Å²) in [7, 11) is 0. The van der Waals surface area contributed by atoms with E-state index in [-0.39, 0.29) is 24.2 Å². The van der Waals surface area contributed by atoms with Gasteiger partial charge in [-0.05, 0) is 36.8 Å². The lowest BCUT2D eigenvalue weighted by Gasteiger charge is -2.14. The Morgan fingerprint density at radius 1 is 1.19 bits per heavy atom. The van der Waals surface area contributed by atoms with Crippen LogP contribution < -0.4 is 10.6 Å². The molecule has 2 aromatic rings. The maximum atomic E-state index is 13.4. The first kappa shape index (κ1) is 15.7. The predicted molar refractivity (Wildman–Crippen MR) is 85.6 cm³/mol. The number of benzene rings is 2. The third-order valence-electron chi connectivity index (χ3n) is 3.09. The Labute approximate surface area is 131 Å². The Hall–Kier alpha value is -1.72. The average Bonchev–Trinajstić information content (AvgIpc) is 2.48. The standard InChI is InChI=1S/C16H16BrFN2O/c1-11(12-6-8-13(17)9-7-12)19-10-16(21)20-15-5-3-2-4-14(15)18/h2-9,11,19H,10H2,1H3,(H,20,21)/t11-/m1/s1. The highest BCUT2D eigenvalue weighted by atomic mass is 79.9. The van der Waals surface area contributed by atoms with Gasteiger partial charge >= 0.3 is 0 Å². The van der Waals surface area contributed by atoms with E-state index in [1.807, 2.05) is 31.2 Å². The van der Waals surface area contributed by atoms with Gasteiger partial charge in [0.15, 0.2) is 0 Å². The van der Waals surface area contributed by atoms with Gasteiger partial charge in [0.1, 0.15) is 5.82 Å². The third-order valence-corrected chi connectivity index (χ3v) is 3.62. The second-order valence-electron chi connectivity index (χ2n) is 4.68. The first-order valence-electron chi connectivity index (χ1n) is 6.59. The monoisotopic (exact) mass is 350 g/mol. The molecule has 110 valence electrons. The summed E-state index contributed by atoms with van der Waals surface area (Å²) in [4.78, 5) is 11.8. The summed E-state index contributed by atoms with van der Waals surface area (Å²) in [5.41, 5.74) is 1.28. The molecule has 1 atom stereocenters. The van der Waals surface area contributed by atoms with E-state index in [1.54, 1.807) is 12.1 Å². The number of carbonyl (C=O) groups excluding carboxylic acids is 1. The molecular formula is C16H16BrFN2O. The molecular weight excluding hydrogens is 335 g/mol. The molecule has 0 aliphatic heterocycles. The van der Waals surface area contributed by atoms with Crippen molar-refractivity contribution >= 4 is 27.5 Å². The van der Waals surface area contributed by atoms with Crippen LogP contribution in [0.4, 0.5) is 10.1 Å². The maximum absolute atomic E-state index is 13.4. The molecule has 0 radical (unpaired) electrons. The van der Waals surface area contributed by atoms with Crippen molar-refractivity contribution in [1.29, 1.82) is 0 Å². The number of rotatable bonds is 5. The van der Waals surface area contributed by atoms with Gasteiger partial charge in [-0.25, -0.2) is 4.39 Å². The van der Waals surface area contributed by atoms with Gasteiger partial charge < -0.3 is 10.6 Å². The minimum Gasteiger partial charge on any atom is -0.322 e. The molecule has 0 unspecified atom stereocenters. The van der Waals surface area contributed by atoms with Crippen LogP contribution in [0.3, 0.4) is 0 Å². The van der Waals surface area contributed by atoms with Crippen LogP contribution >= 0.6 is 15.9 Å². The summed E-state index contributed by atoms with van der Waals surface area (Å²) in [6, 6.07) is 14.0. The number of para-hydroxylation sites is 1. The van der Waals surface area contributed by atoms with Gasteiger partial charge in [0, 0.05) is 10.5 Å². The lowest BCUT2D eigenvalue weighted by Crippen LogP contribution is -2.30. The topological polar surface area (TPSA) is 41.1 Å². The molecule has 0 saturated heterocycles. The van der Waals surface area contributed by atoms with Gasteiger partial charge in [-0.3, -0.25) is 4.79 Å². The summed E-state index contributed by atoms with van der Waals surface area (Å²) in [5.74, 6) is -0.712. The minimum atomic E-state index is -0.438. The number of nitrogens with one attached hydrogen (secondary N) is 2. The molecule has 5 heteroatoms. The van der Waals surface area contributed by atoms with Crippen molar-refractivity contribution < 1.29 is 9.18 Å². The van der Waals surface area contributed by atoms with E-state index >= 15 is 0 Å². The lowest BCUT2D eigenvalue weighted by atomic mass is 10.1. The maximum Gasteiger partial charge on any atom is 0.238 e. The Morgan fingerprint density at radius 3 is 2.52 bits per heavy atom. The second-order valence-corrected chi connectivity index (χ2v) is 5.60. The molecule has 0 fully saturated rings. The van der Waals surface area contributed by atoms with Gasteiger partial charge in [-0.15, -0.1) is 0 Å². The molecule has 0 aliphatic carbocycles. The van der Waals surface area contributed by atoms with E-state index in [1.165, 1.54) is 12.1 Å². The van der Waals surface area contributed by atoms with Crippen molar-refractivity contribution in [1.82, 2.24) is 5.32 Å². The second kappa shape index (κ2) is 7.33. The van der Waals surface area contributed by atoms with Crippen molar-refractivity contribution in [3.63, 3.8) is 0 Å². The summed E-state index contributed by atoms with van der Waals surface area (Å²) >= 11 is 3.38. The summed E-state index contributed by atoms with van der Waals surface area (Å²) in [6.07, 6.45) is 0. The number of hydrogen-bond donors (Lipinski definition) is 2. The molecule has 0 aromatic heterocycles. The Bertz CT molecular complexity index is 616. The molecule has 0 spiro atoms. The summed E-state index contributed by atoms with van der Waals surface area (Å²) in [5, 5.41) is 5.65. The molecule has 0 aliphatic rings. The fourth-order valence-electron chi connectivity index (χ4n) is 1.87. The predicted octanol–water partition coefficient (Wildman–Crippen LogP) is 3.88. The molecule has 2 N–H and O–H groups in total. The van der Waals surface area contributed by atoms with E-state index in [9.17, 15) is 9.18 Å². The van der Waals surface area contributed by atoms with Gasteiger partial charge in [-0.1, -0.05) is 40.2 Å². The molecule has 21 heavy (non-hydrogen) atoms. The van der Waals surface area contributed by atoms with E-state index in [2.05, 4.69) is 26.6 Å². The van der Waals surface area contributed by atoms with Crippen molar-refractivity contribution in [3.05, 3.63) is 64.4 Å². The van der Waals surface area contributed by atoms with Crippen molar-refractivity contribution in [2.75, 3.05) is 11.9 Å². The number of amides is 1. The van der Waals surface area contributed by atoms with E-state index < -0.39 is 5.82 Å². The normalized spacial score (nSPS) is 12.0. The van der Waals surface area contributed by atoms with Crippen molar-refractivity contribution in [2.24, 2.45) is 0 Å². The zero-order chi connectivity index (χ0) is 15.2. The fraction of sp³-hybridized carbons (Fsp3) is 0.188. The summed E-state index contributed by atoms with van der Waals surface area (Å²) in [6.45, 7) is 2.09. The molecule has 0 bridgehead atoms. The smallest absolute Gasteiger partial charge is 0.238 e. The SMILES string of the molecule is C[C@@H](NCC(=O)Nc1ccccc1F)c1ccc(Br)cc1. The average molecular weight is 351 g/mol. The Balaban J connectivity index is 1.86. The minimum absolute atomic E-state index is 0.0319. The molecule has 0 saturated carbocycles. The highest BCUT2D eigenvalue weighted by Gasteiger charge is 2.09. The molecule has 1 amide bonds. The number of anilines is 1. The van der Waals surface area contributed by atoms with Gasteiger partial charge in [0.05, 0.1) is 12.2 Å².